The molecule has 0 spiro atoms. The highest BCUT2D eigenvalue weighted by atomic mass is 16.2. The zero-order chi connectivity index (χ0) is 16.4. The van der Waals surface area contributed by atoms with E-state index in [1.807, 2.05) is 47.6 Å². The molecular formula is C18H19N5O. The van der Waals surface area contributed by atoms with Gasteiger partial charge in [-0.1, -0.05) is 0 Å². The monoisotopic (exact) mass is 321 g/mol. The average molecular weight is 321 g/mol. The molecule has 1 amide bonds. The van der Waals surface area contributed by atoms with E-state index in [1.165, 1.54) is 5.56 Å². The van der Waals surface area contributed by atoms with Crippen LogP contribution in [0.1, 0.15) is 35.2 Å². The summed E-state index contributed by atoms with van der Waals surface area (Å²) in [6, 6.07) is 9.89. The summed E-state index contributed by atoms with van der Waals surface area (Å²) >= 11 is 0. The molecule has 6 heteroatoms. The van der Waals surface area contributed by atoms with Crippen molar-refractivity contribution < 1.29 is 4.79 Å². The molecule has 1 aromatic carbocycles. The third-order valence-electron chi connectivity index (χ3n) is 4.72. The van der Waals surface area contributed by atoms with Crippen LogP contribution in [0, 0.1) is 0 Å². The van der Waals surface area contributed by atoms with Gasteiger partial charge < -0.3 is 4.90 Å². The molecule has 1 atom stereocenters. The lowest BCUT2D eigenvalue weighted by atomic mass is 10.0. The van der Waals surface area contributed by atoms with E-state index < -0.39 is 0 Å². The first-order valence-electron chi connectivity index (χ1n) is 8.32. The Labute approximate surface area is 139 Å². The van der Waals surface area contributed by atoms with Crippen LogP contribution in [0.3, 0.4) is 0 Å². The lowest BCUT2D eigenvalue weighted by Gasteiger charge is -2.25. The first-order valence-corrected chi connectivity index (χ1v) is 8.32. The van der Waals surface area contributed by atoms with Crippen molar-refractivity contribution in [2.45, 2.75) is 31.7 Å². The normalized spacial score (nSPS) is 17.5. The summed E-state index contributed by atoms with van der Waals surface area (Å²) in [5.74, 6) is 0.0946. The second-order valence-electron chi connectivity index (χ2n) is 6.22. The number of fused-ring (bicyclic) bond motifs is 1. The standard InChI is InChI=1S/C18H19N5O/c24-18(14-4-6-16-17(12-14)21-22-20-16)23-11-1-2-15(23)5-3-13-7-9-19-10-8-13/h4,6-10,12,15H,1-3,5,11H2,(H,20,21,22)/t15-/m0/s1. The second-order valence-corrected chi connectivity index (χ2v) is 6.22. The zero-order valence-electron chi connectivity index (χ0n) is 13.4. The van der Waals surface area contributed by atoms with Gasteiger partial charge in [-0.25, -0.2) is 0 Å². The van der Waals surface area contributed by atoms with Gasteiger partial charge in [-0.3, -0.25) is 9.78 Å². The number of aromatic amines is 1. The van der Waals surface area contributed by atoms with Gasteiger partial charge in [0.2, 0.25) is 0 Å². The van der Waals surface area contributed by atoms with E-state index in [-0.39, 0.29) is 5.91 Å². The van der Waals surface area contributed by atoms with Gasteiger partial charge in [-0.2, -0.15) is 15.4 Å². The van der Waals surface area contributed by atoms with Gasteiger partial charge >= 0.3 is 0 Å². The minimum atomic E-state index is 0.0946. The predicted octanol–water partition coefficient (Wildman–Crippen LogP) is 2.59. The summed E-state index contributed by atoms with van der Waals surface area (Å²) in [7, 11) is 0. The van der Waals surface area contributed by atoms with Crippen LogP contribution in [-0.4, -0.2) is 43.8 Å². The van der Waals surface area contributed by atoms with Crippen molar-refractivity contribution in [3.8, 4) is 0 Å². The molecule has 1 N–H and O–H groups in total. The highest BCUT2D eigenvalue weighted by Crippen LogP contribution is 2.24. The quantitative estimate of drug-likeness (QED) is 0.801. The van der Waals surface area contributed by atoms with E-state index in [0.29, 0.717) is 11.6 Å². The lowest BCUT2D eigenvalue weighted by Crippen LogP contribution is -2.35. The van der Waals surface area contributed by atoms with Crippen molar-refractivity contribution >= 4 is 16.9 Å². The largest absolute Gasteiger partial charge is 0.336 e. The molecule has 4 rings (SSSR count). The van der Waals surface area contributed by atoms with Crippen molar-refractivity contribution in [1.29, 1.82) is 0 Å². The molecule has 0 saturated carbocycles. The number of benzene rings is 1. The van der Waals surface area contributed by atoms with E-state index in [4.69, 9.17) is 0 Å². The number of aryl methyl sites for hydroxylation is 1. The molecule has 1 aliphatic heterocycles. The number of carbonyl (C=O) groups excluding carboxylic acids is 1. The van der Waals surface area contributed by atoms with Crippen molar-refractivity contribution in [3.05, 3.63) is 53.9 Å². The molecule has 0 unspecified atom stereocenters. The smallest absolute Gasteiger partial charge is 0.254 e. The van der Waals surface area contributed by atoms with E-state index in [1.54, 1.807) is 0 Å². The Morgan fingerprint density at radius 2 is 2.00 bits per heavy atom. The first kappa shape index (κ1) is 14.8. The fourth-order valence-corrected chi connectivity index (χ4v) is 3.43. The number of nitrogens with zero attached hydrogens (tertiary/aromatic N) is 4. The molecule has 1 saturated heterocycles. The van der Waals surface area contributed by atoms with Crippen LogP contribution in [-0.2, 0) is 6.42 Å². The minimum absolute atomic E-state index is 0.0946. The van der Waals surface area contributed by atoms with E-state index in [2.05, 4.69) is 20.4 Å². The maximum Gasteiger partial charge on any atom is 0.254 e. The van der Waals surface area contributed by atoms with Crippen molar-refractivity contribution in [2.75, 3.05) is 6.54 Å². The van der Waals surface area contributed by atoms with Crippen molar-refractivity contribution in [1.82, 2.24) is 25.3 Å². The van der Waals surface area contributed by atoms with Crippen LogP contribution in [0.4, 0.5) is 0 Å². The Hall–Kier alpha value is -2.76. The van der Waals surface area contributed by atoms with Gasteiger partial charge in [-0.15, -0.1) is 0 Å². The highest BCUT2D eigenvalue weighted by molar-refractivity contribution is 5.97. The highest BCUT2D eigenvalue weighted by Gasteiger charge is 2.29. The summed E-state index contributed by atoms with van der Waals surface area (Å²) in [5.41, 5.74) is 3.47. The molecular weight excluding hydrogens is 302 g/mol. The van der Waals surface area contributed by atoms with Crippen LogP contribution < -0.4 is 0 Å². The fraction of sp³-hybridized carbons (Fsp3) is 0.333. The van der Waals surface area contributed by atoms with Gasteiger partial charge in [-0.05, 0) is 61.6 Å². The van der Waals surface area contributed by atoms with Gasteiger partial charge in [0.15, 0.2) is 0 Å². The molecule has 1 fully saturated rings. The molecule has 122 valence electrons. The summed E-state index contributed by atoms with van der Waals surface area (Å²) in [4.78, 5) is 19.0. The van der Waals surface area contributed by atoms with Gasteiger partial charge in [0.05, 0.1) is 0 Å². The predicted molar refractivity (Wildman–Crippen MR) is 90.5 cm³/mol. The Balaban J connectivity index is 1.48. The van der Waals surface area contributed by atoms with Crippen molar-refractivity contribution in [2.24, 2.45) is 0 Å². The summed E-state index contributed by atoms with van der Waals surface area (Å²) < 4.78 is 0. The van der Waals surface area contributed by atoms with Crippen LogP contribution in [0.15, 0.2) is 42.7 Å². The maximum absolute atomic E-state index is 12.9. The van der Waals surface area contributed by atoms with Gasteiger partial charge in [0, 0.05) is 30.5 Å². The summed E-state index contributed by atoms with van der Waals surface area (Å²) in [6.07, 6.45) is 7.74. The number of aromatic nitrogens is 4. The van der Waals surface area contributed by atoms with E-state index in [9.17, 15) is 4.79 Å². The molecule has 0 aliphatic carbocycles. The zero-order valence-corrected chi connectivity index (χ0v) is 13.4. The van der Waals surface area contributed by atoms with E-state index in [0.717, 1.165) is 43.3 Å². The number of amides is 1. The van der Waals surface area contributed by atoms with Crippen LogP contribution in [0.5, 0.6) is 0 Å². The molecule has 1 aliphatic rings. The van der Waals surface area contributed by atoms with E-state index >= 15 is 0 Å². The molecule has 3 heterocycles. The number of H-pyrrole nitrogens is 1. The molecule has 24 heavy (non-hydrogen) atoms. The van der Waals surface area contributed by atoms with Gasteiger partial charge in [0.1, 0.15) is 11.0 Å². The number of likely N-dealkylation sites (tertiary alicyclic amines) is 1. The van der Waals surface area contributed by atoms with Crippen LogP contribution >= 0.6 is 0 Å². The maximum atomic E-state index is 12.9. The van der Waals surface area contributed by atoms with Crippen molar-refractivity contribution in [3.63, 3.8) is 0 Å². The Morgan fingerprint density at radius 1 is 1.17 bits per heavy atom. The number of rotatable bonds is 4. The number of carbonyl (C=O) groups is 1. The Morgan fingerprint density at radius 3 is 2.88 bits per heavy atom. The Bertz CT molecular complexity index is 845. The van der Waals surface area contributed by atoms with Crippen LogP contribution in [0.25, 0.3) is 11.0 Å². The molecule has 0 radical (unpaired) electrons. The number of hydrogen-bond donors (Lipinski definition) is 1. The number of nitrogens with one attached hydrogen (secondary N) is 1. The lowest BCUT2D eigenvalue weighted by molar-refractivity contribution is 0.0731. The molecule has 0 bridgehead atoms. The summed E-state index contributed by atoms with van der Waals surface area (Å²) in [6.45, 7) is 0.830. The fourth-order valence-electron chi connectivity index (χ4n) is 3.43. The minimum Gasteiger partial charge on any atom is -0.336 e. The molecule has 3 aromatic rings. The number of pyridine rings is 1. The first-order chi connectivity index (χ1) is 11.8. The average Bonchev–Trinajstić information content (AvgIpc) is 3.28. The summed E-state index contributed by atoms with van der Waals surface area (Å²) in [5, 5.41) is 10.7. The molecule has 6 nitrogen and oxygen atoms in total. The SMILES string of the molecule is O=C(c1ccc2n[nH]nc2c1)N1CCC[C@H]1CCc1ccncc1. The topological polar surface area (TPSA) is 74.8 Å². The Kier molecular flexibility index (Phi) is 3.94. The third kappa shape index (κ3) is 2.87. The third-order valence-corrected chi connectivity index (χ3v) is 4.72. The number of hydrogen-bond acceptors (Lipinski definition) is 4. The van der Waals surface area contributed by atoms with Crippen LogP contribution in [0.2, 0.25) is 0 Å². The second kappa shape index (κ2) is 6.39. The molecule has 2 aromatic heterocycles. The van der Waals surface area contributed by atoms with Gasteiger partial charge in [0.25, 0.3) is 5.91 Å².